The maximum atomic E-state index is 12.8. The summed E-state index contributed by atoms with van der Waals surface area (Å²) in [5.41, 5.74) is 0.0496. The van der Waals surface area contributed by atoms with Crippen LogP contribution in [-0.2, 0) is 16.0 Å². The van der Waals surface area contributed by atoms with Gasteiger partial charge in [-0.05, 0) is 37.6 Å². The molecule has 26 heavy (non-hydrogen) atoms. The molecule has 0 aliphatic heterocycles. The SMILES string of the molecule is CCOC(=O)c1cccc2c(=O)c3ccc(O)c(CCC(=O)O)c3oc12. The third-order valence-electron chi connectivity index (χ3n) is 4.03. The number of carbonyl (C=O) groups excluding carboxylic acids is 1. The number of hydrogen-bond acceptors (Lipinski definition) is 6. The van der Waals surface area contributed by atoms with Crippen LogP contribution < -0.4 is 5.43 Å². The first-order valence-corrected chi connectivity index (χ1v) is 8.03. The number of aryl methyl sites for hydroxylation is 1. The number of phenols is 1. The first kappa shape index (κ1) is 17.5. The van der Waals surface area contributed by atoms with Gasteiger partial charge in [-0.2, -0.15) is 0 Å². The lowest BCUT2D eigenvalue weighted by atomic mass is 10.0. The minimum absolute atomic E-state index is 0.0193. The number of carboxylic acid groups (broad SMARTS) is 1. The summed E-state index contributed by atoms with van der Waals surface area (Å²) in [5.74, 6) is -1.85. The third kappa shape index (κ3) is 2.99. The van der Waals surface area contributed by atoms with E-state index in [2.05, 4.69) is 0 Å². The van der Waals surface area contributed by atoms with Crippen LogP contribution in [0, 0.1) is 0 Å². The summed E-state index contributed by atoms with van der Waals surface area (Å²) >= 11 is 0. The maximum Gasteiger partial charge on any atom is 0.341 e. The fraction of sp³-hybridized carbons (Fsp3) is 0.211. The molecule has 1 heterocycles. The number of benzene rings is 2. The molecule has 0 saturated heterocycles. The summed E-state index contributed by atoms with van der Waals surface area (Å²) in [6.45, 7) is 1.83. The fourth-order valence-electron chi connectivity index (χ4n) is 2.83. The second-order valence-corrected chi connectivity index (χ2v) is 5.67. The predicted molar refractivity (Wildman–Crippen MR) is 93.6 cm³/mol. The monoisotopic (exact) mass is 356 g/mol. The van der Waals surface area contributed by atoms with E-state index in [1.807, 2.05) is 0 Å². The van der Waals surface area contributed by atoms with E-state index in [0.717, 1.165) is 0 Å². The first-order valence-electron chi connectivity index (χ1n) is 8.03. The van der Waals surface area contributed by atoms with E-state index < -0.39 is 11.9 Å². The van der Waals surface area contributed by atoms with Crippen LogP contribution in [0.15, 0.2) is 39.5 Å². The number of phenolic OH excluding ortho intramolecular Hbond substituents is 1. The van der Waals surface area contributed by atoms with Crippen molar-refractivity contribution in [2.75, 3.05) is 6.61 Å². The van der Waals surface area contributed by atoms with Crippen LogP contribution in [0.5, 0.6) is 5.75 Å². The van der Waals surface area contributed by atoms with Gasteiger partial charge in [0.15, 0.2) is 5.58 Å². The van der Waals surface area contributed by atoms with Gasteiger partial charge in [0.2, 0.25) is 5.43 Å². The summed E-state index contributed by atoms with van der Waals surface area (Å²) in [6, 6.07) is 7.32. The number of carbonyl (C=O) groups is 2. The van der Waals surface area contributed by atoms with Crippen LogP contribution >= 0.6 is 0 Å². The molecule has 2 N–H and O–H groups in total. The molecule has 3 aromatic rings. The Hall–Kier alpha value is -3.35. The van der Waals surface area contributed by atoms with Crippen molar-refractivity contribution in [3.05, 3.63) is 51.7 Å². The summed E-state index contributed by atoms with van der Waals surface area (Å²) in [7, 11) is 0. The van der Waals surface area contributed by atoms with E-state index >= 15 is 0 Å². The highest BCUT2D eigenvalue weighted by molar-refractivity contribution is 6.04. The number of carboxylic acids is 1. The van der Waals surface area contributed by atoms with Gasteiger partial charge in [0.25, 0.3) is 0 Å². The Bertz CT molecular complexity index is 1080. The lowest BCUT2D eigenvalue weighted by molar-refractivity contribution is -0.136. The molecule has 0 saturated carbocycles. The summed E-state index contributed by atoms with van der Waals surface area (Å²) < 4.78 is 10.8. The number of rotatable bonds is 5. The zero-order chi connectivity index (χ0) is 18.8. The van der Waals surface area contributed by atoms with Crippen LogP contribution in [0.25, 0.3) is 21.9 Å². The van der Waals surface area contributed by atoms with E-state index in [0.29, 0.717) is 0 Å². The zero-order valence-corrected chi connectivity index (χ0v) is 13.9. The second kappa shape index (κ2) is 6.87. The smallest absolute Gasteiger partial charge is 0.341 e. The van der Waals surface area contributed by atoms with Crippen molar-refractivity contribution >= 4 is 33.9 Å². The van der Waals surface area contributed by atoms with Gasteiger partial charge in [-0.25, -0.2) is 4.79 Å². The second-order valence-electron chi connectivity index (χ2n) is 5.67. The Morgan fingerprint density at radius 3 is 2.54 bits per heavy atom. The van der Waals surface area contributed by atoms with E-state index in [1.54, 1.807) is 13.0 Å². The van der Waals surface area contributed by atoms with Crippen molar-refractivity contribution in [1.29, 1.82) is 0 Å². The van der Waals surface area contributed by atoms with Gasteiger partial charge in [0.1, 0.15) is 16.9 Å². The number of para-hydroxylation sites is 1. The molecule has 0 unspecified atom stereocenters. The summed E-state index contributed by atoms with van der Waals surface area (Å²) in [4.78, 5) is 35.9. The van der Waals surface area contributed by atoms with E-state index in [1.165, 1.54) is 24.3 Å². The van der Waals surface area contributed by atoms with Crippen molar-refractivity contribution in [2.45, 2.75) is 19.8 Å². The highest BCUT2D eigenvalue weighted by Crippen LogP contribution is 2.30. The topological polar surface area (TPSA) is 114 Å². The Kier molecular flexibility index (Phi) is 4.62. The van der Waals surface area contributed by atoms with Crippen molar-refractivity contribution in [2.24, 2.45) is 0 Å². The van der Waals surface area contributed by atoms with Gasteiger partial charge >= 0.3 is 11.9 Å². The predicted octanol–water partition coefficient (Wildman–Crippen LogP) is 2.85. The molecule has 0 aliphatic rings. The van der Waals surface area contributed by atoms with E-state index in [-0.39, 0.29) is 63.7 Å². The van der Waals surface area contributed by atoms with Crippen LogP contribution in [0.4, 0.5) is 0 Å². The van der Waals surface area contributed by atoms with Gasteiger partial charge < -0.3 is 19.4 Å². The number of fused-ring (bicyclic) bond motifs is 2. The van der Waals surface area contributed by atoms with Crippen molar-refractivity contribution in [1.82, 2.24) is 0 Å². The molecule has 0 radical (unpaired) electrons. The average Bonchev–Trinajstić information content (AvgIpc) is 2.60. The fourth-order valence-corrected chi connectivity index (χ4v) is 2.83. The number of hydrogen-bond donors (Lipinski definition) is 2. The quantitative estimate of drug-likeness (QED) is 0.533. The number of aromatic hydroxyl groups is 1. The molecule has 0 spiro atoms. The summed E-state index contributed by atoms with van der Waals surface area (Å²) in [6.07, 6.45) is -0.261. The van der Waals surface area contributed by atoms with E-state index in [4.69, 9.17) is 14.3 Å². The standard InChI is InChI=1S/C19H16O7/c1-2-25-19(24)13-5-3-4-11-16(23)12-6-8-14(20)10(7-9-15(21)22)17(12)26-18(11)13/h3-6,8,20H,2,7,9H2,1H3,(H,21,22). The van der Waals surface area contributed by atoms with Crippen LogP contribution in [0.3, 0.4) is 0 Å². The van der Waals surface area contributed by atoms with Crippen LogP contribution in [0.2, 0.25) is 0 Å². The van der Waals surface area contributed by atoms with Crippen molar-refractivity contribution in [3.63, 3.8) is 0 Å². The van der Waals surface area contributed by atoms with Gasteiger partial charge in [0.05, 0.1) is 17.4 Å². The average molecular weight is 356 g/mol. The molecule has 0 amide bonds. The molecule has 134 valence electrons. The van der Waals surface area contributed by atoms with Gasteiger partial charge in [-0.3, -0.25) is 9.59 Å². The van der Waals surface area contributed by atoms with Crippen LogP contribution in [0.1, 0.15) is 29.3 Å². The van der Waals surface area contributed by atoms with Gasteiger partial charge in [-0.15, -0.1) is 0 Å². The van der Waals surface area contributed by atoms with Crippen LogP contribution in [-0.4, -0.2) is 28.8 Å². The molecule has 0 atom stereocenters. The molecule has 2 aromatic carbocycles. The van der Waals surface area contributed by atoms with E-state index in [9.17, 15) is 19.5 Å². The molecule has 0 aliphatic carbocycles. The minimum Gasteiger partial charge on any atom is -0.508 e. The molecule has 7 heteroatoms. The maximum absolute atomic E-state index is 12.8. The summed E-state index contributed by atoms with van der Waals surface area (Å²) in [5, 5.41) is 19.4. The van der Waals surface area contributed by atoms with Crippen molar-refractivity contribution in [3.8, 4) is 5.75 Å². The molecular weight excluding hydrogens is 340 g/mol. The molecule has 3 rings (SSSR count). The Balaban J connectivity index is 2.34. The van der Waals surface area contributed by atoms with Crippen molar-refractivity contribution < 1.29 is 29.0 Å². The number of aliphatic carboxylic acids is 1. The third-order valence-corrected chi connectivity index (χ3v) is 4.03. The highest BCUT2D eigenvalue weighted by Gasteiger charge is 2.19. The molecular formula is C19H16O7. The Labute approximate surface area is 147 Å². The Morgan fingerprint density at radius 1 is 1.12 bits per heavy atom. The molecule has 0 fully saturated rings. The largest absolute Gasteiger partial charge is 0.508 e. The number of ether oxygens (including phenoxy) is 1. The lowest BCUT2D eigenvalue weighted by Crippen LogP contribution is -2.09. The van der Waals surface area contributed by atoms with Gasteiger partial charge in [-0.1, -0.05) is 6.07 Å². The zero-order valence-electron chi connectivity index (χ0n) is 13.9. The lowest BCUT2D eigenvalue weighted by Gasteiger charge is -2.10. The normalized spacial score (nSPS) is 11.0. The molecule has 0 bridgehead atoms. The number of esters is 1. The first-order chi connectivity index (χ1) is 12.4. The van der Waals surface area contributed by atoms with Gasteiger partial charge in [0, 0.05) is 12.0 Å². The molecule has 1 aromatic heterocycles. The Morgan fingerprint density at radius 2 is 1.85 bits per heavy atom. The molecule has 7 nitrogen and oxygen atoms in total. The highest BCUT2D eigenvalue weighted by atomic mass is 16.5. The minimum atomic E-state index is -1.04.